The fraction of sp³-hybridized carbons (Fsp3) is 1.00. The SMILES string of the molecule is CCCCCCCC[N+](C)(CCCCCCCC)CCCCCCCC.[Cl][Al-]([Cl])([Cl])[Cl]. The van der Waals surface area contributed by atoms with E-state index in [9.17, 15) is 0 Å². The zero-order chi connectivity index (χ0) is 23.8. The summed E-state index contributed by atoms with van der Waals surface area (Å²) in [5, 5.41) is 0. The number of hydrogen-bond donors (Lipinski definition) is 0. The minimum atomic E-state index is -2.94. The highest BCUT2D eigenvalue weighted by atomic mass is 35.9. The Hall–Kier alpha value is 1.65. The number of quaternary nitrogens is 1. The maximum Gasteiger partial charge on any atom is 0.564 e. The number of rotatable bonds is 21. The van der Waals surface area contributed by atoms with Crippen LogP contribution in [0.3, 0.4) is 0 Å². The second-order valence-corrected chi connectivity index (χ2v) is 22.5. The van der Waals surface area contributed by atoms with Crippen LogP contribution in [0.4, 0.5) is 0 Å². The monoisotopic (exact) mass is 535 g/mol. The molecular formula is C25H54AlCl4N. The number of hydrogen-bond acceptors (Lipinski definition) is 0. The van der Waals surface area contributed by atoms with E-state index in [1.165, 1.54) is 140 Å². The summed E-state index contributed by atoms with van der Waals surface area (Å²) >= 11 is 0. The molecule has 0 spiro atoms. The summed E-state index contributed by atoms with van der Waals surface area (Å²) in [6, 6.07) is 0. The molecule has 0 aliphatic heterocycles. The smallest absolute Gasteiger partial charge is 0.391 e. The van der Waals surface area contributed by atoms with Gasteiger partial charge in [0, 0.05) is 0 Å². The molecule has 0 bridgehead atoms. The van der Waals surface area contributed by atoms with E-state index in [2.05, 4.69) is 27.8 Å². The van der Waals surface area contributed by atoms with Gasteiger partial charge in [-0.1, -0.05) is 97.8 Å². The van der Waals surface area contributed by atoms with Crippen molar-refractivity contribution in [2.45, 2.75) is 136 Å². The standard InChI is InChI=1S/C25H54N.Al.4ClH/c1-5-8-11-14-17-20-23-26(4,24-21-18-15-12-9-6-2)25-22-19-16-13-10-7-3;;;;;/h5-25H2,1-4H3;;4*1H/q+1;+3;;;;/p-4. The summed E-state index contributed by atoms with van der Waals surface area (Å²) in [4.78, 5) is 0. The lowest BCUT2D eigenvalue weighted by molar-refractivity contribution is -0.910. The molecule has 0 saturated heterocycles. The molecule has 6 heteroatoms. The topological polar surface area (TPSA) is 0 Å². The van der Waals surface area contributed by atoms with E-state index < -0.39 is 9.39 Å². The van der Waals surface area contributed by atoms with Gasteiger partial charge in [-0.3, -0.25) is 0 Å². The van der Waals surface area contributed by atoms with Crippen LogP contribution in [-0.2, 0) is 0 Å². The average molecular weight is 538 g/mol. The Balaban J connectivity index is 0. The second kappa shape index (κ2) is 24.8. The molecule has 0 aliphatic carbocycles. The first-order chi connectivity index (χ1) is 14.7. The molecule has 0 N–H and O–H groups in total. The van der Waals surface area contributed by atoms with Crippen molar-refractivity contribution in [2.75, 3.05) is 26.7 Å². The Morgan fingerprint density at radius 3 is 0.839 bits per heavy atom. The maximum atomic E-state index is 4.99. The lowest BCUT2D eigenvalue weighted by atomic mass is 10.1. The summed E-state index contributed by atoms with van der Waals surface area (Å²) in [7, 11) is 19.6. The van der Waals surface area contributed by atoms with E-state index >= 15 is 0 Å². The molecule has 190 valence electrons. The van der Waals surface area contributed by atoms with Crippen LogP contribution in [0.25, 0.3) is 0 Å². The Morgan fingerprint density at radius 2 is 0.613 bits per heavy atom. The summed E-state index contributed by atoms with van der Waals surface area (Å²) in [5.74, 6) is 0. The number of unbranched alkanes of at least 4 members (excludes halogenated alkanes) is 15. The minimum Gasteiger partial charge on any atom is -0.391 e. The van der Waals surface area contributed by atoms with Crippen molar-refractivity contribution in [1.29, 1.82) is 0 Å². The fourth-order valence-electron chi connectivity index (χ4n) is 4.16. The van der Waals surface area contributed by atoms with Crippen LogP contribution in [0.1, 0.15) is 136 Å². The fourth-order valence-corrected chi connectivity index (χ4v) is 4.16. The van der Waals surface area contributed by atoms with Crippen LogP contribution in [0.2, 0.25) is 0 Å². The molecule has 0 atom stereocenters. The molecule has 0 aromatic carbocycles. The Kier molecular flexibility index (Phi) is 27.8. The molecule has 0 aliphatic rings. The zero-order valence-corrected chi connectivity index (χ0v) is 25.6. The molecular weight excluding hydrogens is 483 g/mol. The van der Waals surface area contributed by atoms with Gasteiger partial charge in [-0.2, -0.15) is 0 Å². The predicted molar refractivity (Wildman–Crippen MR) is 150 cm³/mol. The van der Waals surface area contributed by atoms with Crippen molar-refractivity contribution in [1.82, 2.24) is 0 Å². The molecule has 1 nitrogen and oxygen atoms in total. The largest absolute Gasteiger partial charge is 0.564 e. The van der Waals surface area contributed by atoms with Crippen molar-refractivity contribution < 1.29 is 4.48 Å². The third kappa shape index (κ3) is 33.9. The van der Waals surface area contributed by atoms with Crippen LogP contribution in [-0.4, -0.2) is 40.6 Å². The van der Waals surface area contributed by atoms with Crippen LogP contribution < -0.4 is 0 Å². The predicted octanol–water partition coefficient (Wildman–Crippen LogP) is 10.9. The van der Waals surface area contributed by atoms with Crippen molar-refractivity contribution >= 4 is 49.6 Å². The van der Waals surface area contributed by atoms with E-state index in [-0.39, 0.29) is 0 Å². The Morgan fingerprint density at radius 1 is 0.419 bits per heavy atom. The van der Waals surface area contributed by atoms with Crippen molar-refractivity contribution in [3.63, 3.8) is 0 Å². The summed E-state index contributed by atoms with van der Waals surface area (Å²) < 4.78 is 1.36. The van der Waals surface area contributed by atoms with E-state index in [1.807, 2.05) is 0 Å². The highest BCUT2D eigenvalue weighted by Crippen LogP contribution is 2.23. The Labute approximate surface area is 216 Å². The van der Waals surface area contributed by atoms with Crippen molar-refractivity contribution in [3.8, 4) is 0 Å². The van der Waals surface area contributed by atoms with E-state index in [0.29, 0.717) is 0 Å². The summed E-state index contributed by atoms with van der Waals surface area (Å²) in [6.07, 6.45) is 25.9. The van der Waals surface area contributed by atoms with Gasteiger partial charge in [0.15, 0.2) is 0 Å². The average Bonchev–Trinajstić information content (AvgIpc) is 2.69. The van der Waals surface area contributed by atoms with Gasteiger partial charge < -0.3 is 44.7 Å². The highest BCUT2D eigenvalue weighted by molar-refractivity contribution is 7.81. The van der Waals surface area contributed by atoms with Gasteiger partial charge in [-0.25, -0.2) is 0 Å². The Bertz CT molecular complexity index is 304. The zero-order valence-electron chi connectivity index (χ0n) is 21.4. The summed E-state index contributed by atoms with van der Waals surface area (Å²) in [6.45, 7) is 11.2. The van der Waals surface area contributed by atoms with Gasteiger partial charge in [-0.15, -0.1) is 0 Å². The first-order valence-electron chi connectivity index (χ1n) is 13.4. The van der Waals surface area contributed by atoms with Crippen LogP contribution >= 0.6 is 40.2 Å². The minimum absolute atomic E-state index is 1.36. The van der Waals surface area contributed by atoms with Crippen LogP contribution in [0, 0.1) is 0 Å². The first-order valence-corrected chi connectivity index (χ1v) is 20.4. The van der Waals surface area contributed by atoms with Gasteiger partial charge >= 0.3 is 9.39 Å². The van der Waals surface area contributed by atoms with E-state index in [0.717, 1.165) is 0 Å². The van der Waals surface area contributed by atoms with E-state index in [4.69, 9.17) is 40.2 Å². The molecule has 0 heterocycles. The van der Waals surface area contributed by atoms with Gasteiger partial charge in [0.05, 0.1) is 26.7 Å². The highest BCUT2D eigenvalue weighted by Gasteiger charge is 2.20. The quantitative estimate of drug-likeness (QED) is 0.0776. The van der Waals surface area contributed by atoms with E-state index in [1.54, 1.807) is 0 Å². The number of nitrogens with zero attached hydrogens (tertiary/aromatic N) is 1. The van der Waals surface area contributed by atoms with Crippen LogP contribution in [0.15, 0.2) is 0 Å². The van der Waals surface area contributed by atoms with Gasteiger partial charge in [0.25, 0.3) is 0 Å². The molecule has 0 amide bonds. The van der Waals surface area contributed by atoms with Gasteiger partial charge in [0.1, 0.15) is 0 Å². The third-order valence-corrected chi connectivity index (χ3v) is 6.15. The molecule has 0 radical (unpaired) electrons. The number of halogens is 4. The first kappa shape index (κ1) is 34.8. The van der Waals surface area contributed by atoms with Crippen LogP contribution in [0.5, 0.6) is 0 Å². The lowest BCUT2D eigenvalue weighted by Crippen LogP contribution is -2.46. The molecule has 0 fully saturated rings. The third-order valence-electron chi connectivity index (χ3n) is 6.15. The normalized spacial score (nSPS) is 12.0. The maximum absolute atomic E-state index is 4.99. The molecule has 0 aromatic rings. The van der Waals surface area contributed by atoms with Crippen molar-refractivity contribution in [3.05, 3.63) is 0 Å². The van der Waals surface area contributed by atoms with Gasteiger partial charge in [0.2, 0.25) is 0 Å². The molecule has 0 aromatic heterocycles. The van der Waals surface area contributed by atoms with Crippen molar-refractivity contribution in [2.24, 2.45) is 0 Å². The molecule has 0 rings (SSSR count). The summed E-state index contributed by atoms with van der Waals surface area (Å²) in [5.41, 5.74) is 0. The molecule has 0 unspecified atom stereocenters. The molecule has 0 saturated carbocycles. The lowest BCUT2D eigenvalue weighted by Gasteiger charge is -2.35. The van der Waals surface area contributed by atoms with Gasteiger partial charge in [-0.05, 0) is 38.5 Å². The second-order valence-electron chi connectivity index (χ2n) is 9.59. The molecule has 31 heavy (non-hydrogen) atoms.